The number of carbonyl (C=O) groups excluding carboxylic acids is 1. The number of rotatable bonds is 4. The summed E-state index contributed by atoms with van der Waals surface area (Å²) in [6.45, 7) is 28.4. The van der Waals surface area contributed by atoms with Crippen molar-refractivity contribution in [3.8, 4) is 0 Å². The Labute approximate surface area is 234 Å². The van der Waals surface area contributed by atoms with E-state index in [1.54, 1.807) is 0 Å². The van der Waals surface area contributed by atoms with Crippen LogP contribution in [-0.4, -0.2) is 38.7 Å². The zero-order valence-electron chi connectivity index (χ0n) is 25.6. The van der Waals surface area contributed by atoms with Crippen LogP contribution >= 0.6 is 0 Å². The molecule has 6 atom stereocenters. The monoisotopic (exact) mass is 542 g/mol. The lowest BCUT2D eigenvalue weighted by Crippen LogP contribution is -2.43. The number of fused-ring (bicyclic) bond motifs is 2. The summed E-state index contributed by atoms with van der Waals surface area (Å²) in [4.78, 5) is 13.0. The van der Waals surface area contributed by atoms with Crippen LogP contribution in [0.1, 0.15) is 87.0 Å². The van der Waals surface area contributed by atoms with Crippen LogP contribution in [0.2, 0.25) is 18.1 Å². The van der Waals surface area contributed by atoms with Gasteiger partial charge in [0.2, 0.25) is 0 Å². The van der Waals surface area contributed by atoms with Gasteiger partial charge in [0.25, 0.3) is 0 Å². The second-order valence-corrected chi connectivity index (χ2v) is 17.8. The van der Waals surface area contributed by atoms with Gasteiger partial charge in [-0.2, -0.15) is 0 Å². The third kappa shape index (κ3) is 9.80. The van der Waals surface area contributed by atoms with Crippen molar-refractivity contribution in [3.63, 3.8) is 0 Å². The fraction of sp³-hybridized carbons (Fsp3) is 0.667. The second kappa shape index (κ2) is 14.1. The standard InChI is InChI=1S/C33H54O4Si/c1-12-13-14-28-17-18-31-26(5)22-29(35-31)15-16-30(37-38(10,11)33(7,8)9)21-25(4)24(3)19-23(2)20-27(6)32(34)36-28/h12-13,15-16,19,23,27-31H,4-5,14,17-18,20-22H2,1-3,6-11H3/b13-12+,16-15+,24-19+/t23-,27+,28+,29-,30+,31+/m0/s1. The molecule has 0 aromatic carbocycles. The van der Waals surface area contributed by atoms with Crippen LogP contribution in [0, 0.1) is 11.8 Å². The summed E-state index contributed by atoms with van der Waals surface area (Å²) in [5.74, 6) is -0.0498. The van der Waals surface area contributed by atoms with Crippen LogP contribution in [0.3, 0.4) is 0 Å². The maximum Gasteiger partial charge on any atom is 0.308 e. The molecular formula is C33H54O4Si. The molecule has 0 aromatic heterocycles. The number of allylic oxidation sites excluding steroid dienone is 3. The largest absolute Gasteiger partial charge is 0.462 e. The van der Waals surface area contributed by atoms with Crippen molar-refractivity contribution < 1.29 is 18.7 Å². The third-order valence-corrected chi connectivity index (χ3v) is 12.9. The fourth-order valence-corrected chi connectivity index (χ4v) is 6.16. The van der Waals surface area contributed by atoms with Crippen LogP contribution in [0.25, 0.3) is 0 Å². The van der Waals surface area contributed by atoms with Gasteiger partial charge in [-0.3, -0.25) is 4.79 Å². The maximum absolute atomic E-state index is 13.0. The highest BCUT2D eigenvalue weighted by Crippen LogP contribution is 2.39. The average molecular weight is 543 g/mol. The van der Waals surface area contributed by atoms with Crippen LogP contribution in [-0.2, 0) is 18.7 Å². The SMILES string of the molecule is C=C1C[C@H](O[Si](C)(C)C(C)(C)C)/C=C/[C@H]2CC(=C)[C@@H](CC[C@@H](C/C=C/C)OC(=O)[C@H](C)C[C@@H](C)/C=C/1C)O2. The highest BCUT2D eigenvalue weighted by molar-refractivity contribution is 6.74. The molecule has 2 bridgehead atoms. The van der Waals surface area contributed by atoms with Gasteiger partial charge in [0.15, 0.2) is 8.32 Å². The molecule has 2 aliphatic heterocycles. The van der Waals surface area contributed by atoms with Gasteiger partial charge in [0, 0.05) is 19.3 Å². The average Bonchev–Trinajstić information content (AvgIpc) is 3.16. The van der Waals surface area contributed by atoms with Crippen LogP contribution in [0.15, 0.2) is 60.3 Å². The molecule has 2 rings (SSSR count). The lowest BCUT2D eigenvalue weighted by molar-refractivity contribution is -0.154. The minimum atomic E-state index is -1.99. The molecule has 38 heavy (non-hydrogen) atoms. The lowest BCUT2D eigenvalue weighted by atomic mass is 9.92. The van der Waals surface area contributed by atoms with E-state index >= 15 is 0 Å². The summed E-state index contributed by atoms with van der Waals surface area (Å²) >= 11 is 0. The minimum Gasteiger partial charge on any atom is -0.462 e. The first-order chi connectivity index (χ1) is 17.6. The third-order valence-electron chi connectivity index (χ3n) is 8.39. The van der Waals surface area contributed by atoms with Crippen molar-refractivity contribution in [1.82, 2.24) is 0 Å². The Bertz CT molecular complexity index is 920. The topological polar surface area (TPSA) is 44.8 Å². The molecule has 2 heterocycles. The van der Waals surface area contributed by atoms with Gasteiger partial charge in [0.1, 0.15) is 6.10 Å². The predicted molar refractivity (Wildman–Crippen MR) is 163 cm³/mol. The first-order valence-corrected chi connectivity index (χ1v) is 17.4. The number of esters is 1. The van der Waals surface area contributed by atoms with Gasteiger partial charge in [-0.05, 0) is 68.3 Å². The van der Waals surface area contributed by atoms with Crippen molar-refractivity contribution in [3.05, 3.63) is 60.3 Å². The highest BCUT2D eigenvalue weighted by atomic mass is 28.4. The number of carbonyl (C=O) groups is 1. The normalized spacial score (nSPS) is 33.4. The van der Waals surface area contributed by atoms with Crippen molar-refractivity contribution in [2.24, 2.45) is 11.8 Å². The van der Waals surface area contributed by atoms with Gasteiger partial charge in [-0.15, -0.1) is 0 Å². The van der Waals surface area contributed by atoms with E-state index in [-0.39, 0.29) is 47.3 Å². The van der Waals surface area contributed by atoms with E-state index in [1.165, 1.54) is 0 Å². The molecule has 0 radical (unpaired) electrons. The Hall–Kier alpha value is -1.69. The minimum absolute atomic E-state index is 0.0154. The molecule has 0 unspecified atom stereocenters. The van der Waals surface area contributed by atoms with Crippen molar-refractivity contribution >= 4 is 14.3 Å². The first kappa shape index (κ1) is 32.5. The molecule has 0 N–H and O–H groups in total. The van der Waals surface area contributed by atoms with Gasteiger partial charge in [-0.1, -0.05) is 83.7 Å². The van der Waals surface area contributed by atoms with E-state index < -0.39 is 8.32 Å². The Morgan fingerprint density at radius 2 is 1.82 bits per heavy atom. The van der Waals surface area contributed by atoms with E-state index in [9.17, 15) is 4.79 Å². The Morgan fingerprint density at radius 1 is 1.13 bits per heavy atom. The first-order valence-electron chi connectivity index (χ1n) is 14.5. The molecule has 1 saturated heterocycles. The molecule has 0 aromatic rings. The summed E-state index contributed by atoms with van der Waals surface area (Å²) in [6, 6.07) is 0. The summed E-state index contributed by atoms with van der Waals surface area (Å²) in [5, 5.41) is 0.116. The molecular weight excluding hydrogens is 488 g/mol. The van der Waals surface area contributed by atoms with Crippen molar-refractivity contribution in [2.45, 2.75) is 130 Å². The van der Waals surface area contributed by atoms with E-state index in [2.05, 4.69) is 85.2 Å². The number of hydrogen-bond acceptors (Lipinski definition) is 4. The molecule has 214 valence electrons. The molecule has 0 saturated carbocycles. The summed E-state index contributed by atoms with van der Waals surface area (Å²) in [7, 11) is -1.99. The number of ether oxygens (including phenoxy) is 2. The molecule has 1 fully saturated rings. The maximum atomic E-state index is 13.0. The van der Waals surface area contributed by atoms with Crippen LogP contribution < -0.4 is 0 Å². The Kier molecular flexibility index (Phi) is 12.1. The zero-order chi connectivity index (χ0) is 28.7. The Balaban J connectivity index is 2.35. The summed E-state index contributed by atoms with van der Waals surface area (Å²) < 4.78 is 19.3. The summed E-state index contributed by atoms with van der Waals surface area (Å²) in [6.07, 6.45) is 15.0. The van der Waals surface area contributed by atoms with Crippen molar-refractivity contribution in [2.75, 3.05) is 0 Å². The van der Waals surface area contributed by atoms with Gasteiger partial charge < -0.3 is 13.9 Å². The van der Waals surface area contributed by atoms with Crippen LogP contribution in [0.4, 0.5) is 0 Å². The molecule has 0 amide bonds. The predicted octanol–water partition coefficient (Wildman–Crippen LogP) is 8.87. The Morgan fingerprint density at radius 3 is 2.45 bits per heavy atom. The molecule has 2 aliphatic rings. The quantitative estimate of drug-likeness (QED) is 0.202. The van der Waals surface area contributed by atoms with Gasteiger partial charge >= 0.3 is 5.97 Å². The molecule has 5 heteroatoms. The van der Waals surface area contributed by atoms with E-state index in [1.807, 2.05) is 19.9 Å². The van der Waals surface area contributed by atoms with E-state index in [0.717, 1.165) is 55.2 Å². The van der Waals surface area contributed by atoms with E-state index in [0.29, 0.717) is 0 Å². The van der Waals surface area contributed by atoms with Gasteiger partial charge in [-0.25, -0.2) is 0 Å². The lowest BCUT2D eigenvalue weighted by Gasteiger charge is -2.39. The number of cyclic esters (lactones) is 1. The van der Waals surface area contributed by atoms with E-state index in [4.69, 9.17) is 13.9 Å². The van der Waals surface area contributed by atoms with Gasteiger partial charge in [0.05, 0.1) is 24.2 Å². The smallest absolute Gasteiger partial charge is 0.308 e. The molecule has 0 aliphatic carbocycles. The van der Waals surface area contributed by atoms with Crippen LogP contribution in [0.5, 0.6) is 0 Å². The fourth-order valence-electron chi connectivity index (χ4n) is 4.88. The second-order valence-electron chi connectivity index (χ2n) is 13.0. The zero-order valence-corrected chi connectivity index (χ0v) is 26.6. The van der Waals surface area contributed by atoms with Crippen molar-refractivity contribution in [1.29, 1.82) is 0 Å². The summed E-state index contributed by atoms with van der Waals surface area (Å²) in [5.41, 5.74) is 3.34. The number of hydrogen-bond donors (Lipinski definition) is 0. The molecule has 4 nitrogen and oxygen atoms in total. The highest BCUT2D eigenvalue weighted by Gasteiger charge is 2.39. The molecule has 0 spiro atoms.